The lowest BCUT2D eigenvalue weighted by atomic mass is 10.1. The van der Waals surface area contributed by atoms with Crippen LogP contribution < -0.4 is 4.74 Å². The van der Waals surface area contributed by atoms with Gasteiger partial charge >= 0.3 is 0 Å². The molecule has 2 heterocycles. The Bertz CT molecular complexity index is 1320. The summed E-state index contributed by atoms with van der Waals surface area (Å²) >= 11 is 1.36. The highest BCUT2D eigenvalue weighted by atomic mass is 32.2. The zero-order chi connectivity index (χ0) is 23.3. The van der Waals surface area contributed by atoms with Gasteiger partial charge in [0.1, 0.15) is 5.75 Å². The summed E-state index contributed by atoms with van der Waals surface area (Å²) in [5, 5.41) is 15.6. The van der Waals surface area contributed by atoms with E-state index in [0.717, 1.165) is 34.7 Å². The normalized spacial score (nSPS) is 13.1. The molecular weight excluding hydrogens is 446 g/mol. The van der Waals surface area contributed by atoms with Crippen molar-refractivity contribution >= 4 is 23.4 Å². The van der Waals surface area contributed by atoms with E-state index in [-0.39, 0.29) is 11.7 Å². The lowest BCUT2D eigenvalue weighted by Crippen LogP contribution is -2.25. The summed E-state index contributed by atoms with van der Waals surface area (Å²) in [4.78, 5) is 12.9. The number of rotatable bonds is 7. The Morgan fingerprint density at radius 3 is 2.44 bits per heavy atom. The number of carbonyl (C=O) groups excluding carboxylic acids is 1. The van der Waals surface area contributed by atoms with Crippen molar-refractivity contribution < 1.29 is 9.53 Å². The Balaban J connectivity index is 1.38. The molecule has 0 spiro atoms. The van der Waals surface area contributed by atoms with Gasteiger partial charge in [-0.05, 0) is 29.8 Å². The summed E-state index contributed by atoms with van der Waals surface area (Å²) in [6, 6.07) is 27.6. The molecule has 1 aliphatic heterocycles. The number of hydrogen-bond acceptors (Lipinski definition) is 6. The van der Waals surface area contributed by atoms with E-state index in [1.165, 1.54) is 11.8 Å². The van der Waals surface area contributed by atoms with Crippen LogP contribution in [0.1, 0.15) is 12.0 Å². The van der Waals surface area contributed by atoms with Gasteiger partial charge in [-0.15, -0.1) is 10.2 Å². The minimum Gasteiger partial charge on any atom is -0.497 e. The van der Waals surface area contributed by atoms with Crippen molar-refractivity contribution in [3.05, 3.63) is 90.5 Å². The average Bonchev–Trinajstić information content (AvgIpc) is 3.56. The molecular formula is C26H23N5O2S. The number of methoxy groups -OCH3 is 1. The average molecular weight is 470 g/mol. The first-order valence-electron chi connectivity index (χ1n) is 10.9. The topological polar surface area (TPSA) is 72.6 Å². The summed E-state index contributed by atoms with van der Waals surface area (Å²) in [7, 11) is 1.64. The van der Waals surface area contributed by atoms with Crippen molar-refractivity contribution in [1.29, 1.82) is 0 Å². The van der Waals surface area contributed by atoms with Gasteiger partial charge < -0.3 is 4.74 Å². The summed E-state index contributed by atoms with van der Waals surface area (Å²) < 4.78 is 7.35. The first-order valence-corrected chi connectivity index (χ1v) is 11.9. The van der Waals surface area contributed by atoms with Gasteiger partial charge in [-0.3, -0.25) is 9.36 Å². The van der Waals surface area contributed by atoms with Gasteiger partial charge in [0.25, 0.3) is 5.91 Å². The molecule has 0 saturated carbocycles. The summed E-state index contributed by atoms with van der Waals surface area (Å²) in [6.45, 7) is 0.587. The molecule has 0 saturated heterocycles. The van der Waals surface area contributed by atoms with Crippen molar-refractivity contribution in [2.24, 2.45) is 5.10 Å². The SMILES string of the molecule is COc1cccc(-c2nnc(SCC(=O)N3CCC(c4ccccc4)=N3)n2-c2ccccc2)c1. The zero-order valence-electron chi connectivity index (χ0n) is 18.7. The predicted octanol–water partition coefficient (Wildman–Crippen LogP) is 4.67. The first-order chi connectivity index (χ1) is 16.7. The molecule has 7 nitrogen and oxygen atoms in total. The second-order valence-corrected chi connectivity index (χ2v) is 8.62. The second-order valence-electron chi connectivity index (χ2n) is 7.68. The Morgan fingerprint density at radius 1 is 0.941 bits per heavy atom. The van der Waals surface area contributed by atoms with Crippen LogP contribution in [0.15, 0.2) is 95.2 Å². The van der Waals surface area contributed by atoms with Gasteiger partial charge in [0.15, 0.2) is 11.0 Å². The maximum absolute atomic E-state index is 12.9. The molecule has 3 aromatic carbocycles. The molecule has 34 heavy (non-hydrogen) atoms. The van der Waals surface area contributed by atoms with Crippen LogP contribution in [0, 0.1) is 0 Å². The number of hydrogen-bond donors (Lipinski definition) is 0. The molecule has 170 valence electrons. The number of ether oxygens (including phenoxy) is 1. The van der Waals surface area contributed by atoms with E-state index in [2.05, 4.69) is 15.3 Å². The smallest absolute Gasteiger partial charge is 0.253 e. The Morgan fingerprint density at radius 2 is 1.68 bits per heavy atom. The largest absolute Gasteiger partial charge is 0.497 e. The fourth-order valence-corrected chi connectivity index (χ4v) is 4.61. The Hall–Kier alpha value is -3.91. The van der Waals surface area contributed by atoms with E-state index in [9.17, 15) is 4.79 Å². The van der Waals surface area contributed by atoms with Crippen LogP contribution in [0.25, 0.3) is 17.1 Å². The zero-order valence-corrected chi connectivity index (χ0v) is 19.5. The summed E-state index contributed by atoms with van der Waals surface area (Å²) in [5.41, 5.74) is 3.79. The molecule has 0 radical (unpaired) electrons. The van der Waals surface area contributed by atoms with Crippen LogP contribution >= 0.6 is 11.8 Å². The van der Waals surface area contributed by atoms with E-state index in [0.29, 0.717) is 17.5 Å². The van der Waals surface area contributed by atoms with E-state index in [1.807, 2.05) is 89.5 Å². The van der Waals surface area contributed by atoms with Crippen molar-refractivity contribution in [2.45, 2.75) is 11.6 Å². The van der Waals surface area contributed by atoms with E-state index in [1.54, 1.807) is 12.1 Å². The Kier molecular flexibility index (Phi) is 6.40. The third-order valence-electron chi connectivity index (χ3n) is 5.50. The fourth-order valence-electron chi connectivity index (χ4n) is 3.79. The number of nitrogens with zero attached hydrogens (tertiary/aromatic N) is 5. The fraction of sp³-hybridized carbons (Fsp3) is 0.154. The number of benzene rings is 3. The van der Waals surface area contributed by atoms with Gasteiger partial charge in [0.2, 0.25) is 0 Å². The van der Waals surface area contributed by atoms with E-state index in [4.69, 9.17) is 4.74 Å². The number of aromatic nitrogens is 3. The standard InChI is InChI=1S/C26H23N5O2S/c1-33-22-14-8-11-20(17-22)25-27-28-26(31(25)21-12-6-3-7-13-21)34-18-24(32)30-16-15-23(29-30)19-9-4-2-5-10-19/h2-14,17H,15-16,18H2,1H3. The van der Waals surface area contributed by atoms with E-state index < -0.39 is 0 Å². The van der Waals surface area contributed by atoms with Crippen LogP contribution in [-0.4, -0.2) is 50.8 Å². The van der Waals surface area contributed by atoms with Crippen LogP contribution in [-0.2, 0) is 4.79 Å². The highest BCUT2D eigenvalue weighted by molar-refractivity contribution is 7.99. The van der Waals surface area contributed by atoms with Crippen LogP contribution in [0.2, 0.25) is 0 Å². The lowest BCUT2D eigenvalue weighted by Gasteiger charge is -2.13. The molecule has 5 rings (SSSR count). The number of amides is 1. The minimum absolute atomic E-state index is 0.0542. The maximum Gasteiger partial charge on any atom is 0.253 e. The molecule has 0 fully saturated rings. The lowest BCUT2D eigenvalue weighted by molar-refractivity contribution is -0.127. The molecule has 0 bridgehead atoms. The second kappa shape index (κ2) is 9.93. The third-order valence-corrected chi connectivity index (χ3v) is 6.41. The van der Waals surface area contributed by atoms with Gasteiger partial charge in [-0.1, -0.05) is 72.4 Å². The van der Waals surface area contributed by atoms with Crippen molar-refractivity contribution in [3.63, 3.8) is 0 Å². The third kappa shape index (κ3) is 4.58. The van der Waals surface area contributed by atoms with Crippen molar-refractivity contribution in [1.82, 2.24) is 19.8 Å². The molecule has 4 aromatic rings. The van der Waals surface area contributed by atoms with Gasteiger partial charge in [-0.25, -0.2) is 5.01 Å². The van der Waals surface area contributed by atoms with Crippen molar-refractivity contribution in [2.75, 3.05) is 19.4 Å². The molecule has 1 aliphatic rings. The van der Waals surface area contributed by atoms with Crippen LogP contribution in [0.5, 0.6) is 5.75 Å². The number of para-hydroxylation sites is 1. The molecule has 0 aliphatic carbocycles. The van der Waals surface area contributed by atoms with Crippen LogP contribution in [0.3, 0.4) is 0 Å². The molecule has 8 heteroatoms. The Labute approximate surface area is 202 Å². The quantitative estimate of drug-likeness (QED) is 0.368. The first kappa shape index (κ1) is 21.9. The molecule has 1 amide bonds. The monoisotopic (exact) mass is 469 g/mol. The maximum atomic E-state index is 12.9. The van der Waals surface area contributed by atoms with Crippen molar-refractivity contribution in [3.8, 4) is 22.8 Å². The summed E-state index contributed by atoms with van der Waals surface area (Å²) in [6.07, 6.45) is 0.751. The van der Waals surface area contributed by atoms with Gasteiger partial charge in [-0.2, -0.15) is 5.10 Å². The highest BCUT2D eigenvalue weighted by Crippen LogP contribution is 2.30. The molecule has 0 N–H and O–H groups in total. The molecule has 1 aromatic heterocycles. The highest BCUT2D eigenvalue weighted by Gasteiger charge is 2.23. The van der Waals surface area contributed by atoms with Gasteiger partial charge in [0.05, 0.1) is 25.1 Å². The number of hydrazone groups is 1. The van der Waals surface area contributed by atoms with E-state index >= 15 is 0 Å². The molecule has 0 atom stereocenters. The number of thioether (sulfide) groups is 1. The summed E-state index contributed by atoms with van der Waals surface area (Å²) in [5.74, 6) is 1.59. The van der Waals surface area contributed by atoms with Crippen LogP contribution in [0.4, 0.5) is 0 Å². The molecule has 0 unspecified atom stereocenters. The number of carbonyl (C=O) groups is 1. The minimum atomic E-state index is -0.0542. The van der Waals surface area contributed by atoms with Gasteiger partial charge in [0, 0.05) is 17.7 Å². The predicted molar refractivity (Wildman–Crippen MR) is 133 cm³/mol.